The quantitative estimate of drug-likeness (QED) is 0.111. The predicted molar refractivity (Wildman–Crippen MR) is 236 cm³/mol. The maximum absolute atomic E-state index is 11.4. The highest BCUT2D eigenvalue weighted by molar-refractivity contribution is 5.87. The van der Waals surface area contributed by atoms with E-state index in [9.17, 15) is 9.90 Å². The van der Waals surface area contributed by atoms with Crippen LogP contribution in [0.15, 0.2) is 146 Å². The Balaban J connectivity index is 0.000000165. The highest BCUT2D eigenvalue weighted by Crippen LogP contribution is 2.44. The minimum absolute atomic E-state index is 0.190. The second-order valence-corrected chi connectivity index (χ2v) is 17.5. The molecule has 0 radical (unpaired) electrons. The van der Waals surface area contributed by atoms with Crippen molar-refractivity contribution in [3.63, 3.8) is 0 Å². The lowest BCUT2D eigenvalue weighted by Crippen LogP contribution is -2.64. The number of hydrogen-bond acceptors (Lipinski definition) is 5. The summed E-state index contributed by atoms with van der Waals surface area (Å²) in [5.74, 6) is 2.03. The molecule has 6 nitrogen and oxygen atoms in total. The molecule has 0 saturated carbocycles. The molecule has 6 heterocycles. The topological polar surface area (TPSA) is 67.8 Å². The summed E-state index contributed by atoms with van der Waals surface area (Å²) >= 11 is 0. The molecule has 0 amide bonds. The fourth-order valence-corrected chi connectivity index (χ4v) is 11.0. The first kappa shape index (κ1) is 40.2. The van der Waals surface area contributed by atoms with Crippen LogP contribution in [-0.4, -0.2) is 71.2 Å². The van der Waals surface area contributed by atoms with E-state index in [4.69, 9.17) is 0 Å². The second kappa shape index (κ2) is 19.0. The van der Waals surface area contributed by atoms with Crippen LogP contribution in [-0.2, 0) is 13.1 Å². The van der Waals surface area contributed by atoms with Crippen LogP contribution < -0.4 is 10.6 Å². The third kappa shape index (κ3) is 9.16. The van der Waals surface area contributed by atoms with E-state index >= 15 is 0 Å². The van der Waals surface area contributed by atoms with Gasteiger partial charge in [0.1, 0.15) is 0 Å². The fourth-order valence-electron chi connectivity index (χ4n) is 11.0. The molecule has 6 fully saturated rings. The van der Waals surface area contributed by atoms with E-state index in [1.807, 2.05) is 12.1 Å². The van der Waals surface area contributed by atoms with Crippen LogP contribution >= 0.6 is 0 Å². The summed E-state index contributed by atoms with van der Waals surface area (Å²) in [5.41, 5.74) is 7.02. The molecule has 11 rings (SSSR count). The van der Waals surface area contributed by atoms with Crippen molar-refractivity contribution >= 4 is 5.97 Å². The Kier molecular flexibility index (Phi) is 13.2. The normalized spacial score (nSPS) is 27.0. The number of hydrogen-bond donors (Lipinski definition) is 3. The Morgan fingerprint density at radius 1 is 0.552 bits per heavy atom. The third-order valence-corrected chi connectivity index (χ3v) is 13.8. The number of carboxylic acids is 1. The van der Waals surface area contributed by atoms with Gasteiger partial charge in [0.05, 0.1) is 5.56 Å². The predicted octanol–water partition coefficient (Wildman–Crippen LogP) is 9.45. The van der Waals surface area contributed by atoms with E-state index in [-0.39, 0.29) is 5.92 Å². The van der Waals surface area contributed by atoms with E-state index in [0.717, 1.165) is 32.1 Å². The molecular formula is C52H62N4O2. The number of aromatic carboxylic acids is 1. The Morgan fingerprint density at radius 3 is 1.40 bits per heavy atom. The van der Waals surface area contributed by atoms with E-state index in [1.165, 1.54) is 66.6 Å². The summed E-state index contributed by atoms with van der Waals surface area (Å²) in [6, 6.07) is 52.9. The van der Waals surface area contributed by atoms with Gasteiger partial charge < -0.3 is 15.7 Å². The van der Waals surface area contributed by atoms with Gasteiger partial charge in [0, 0.05) is 49.1 Å². The highest BCUT2D eigenvalue weighted by Gasteiger charge is 2.47. The lowest BCUT2D eigenvalue weighted by Gasteiger charge is -2.55. The average Bonchev–Trinajstić information content (AvgIpc) is 3.28. The van der Waals surface area contributed by atoms with Gasteiger partial charge in [-0.05, 0) is 110 Å². The van der Waals surface area contributed by atoms with Gasteiger partial charge in [-0.25, -0.2) is 4.79 Å². The number of carboxylic acid groups (broad SMARTS) is 1. The number of nitrogens with zero attached hydrogens (tertiary/aromatic N) is 2. The van der Waals surface area contributed by atoms with Crippen molar-refractivity contribution in [2.24, 2.45) is 17.8 Å². The van der Waals surface area contributed by atoms with Crippen molar-refractivity contribution in [1.29, 1.82) is 0 Å². The zero-order valence-corrected chi connectivity index (χ0v) is 34.4. The Hall–Kier alpha value is -4.59. The molecule has 6 atom stereocenters. The van der Waals surface area contributed by atoms with Gasteiger partial charge in [-0.3, -0.25) is 9.80 Å². The van der Waals surface area contributed by atoms with Gasteiger partial charge in [-0.1, -0.05) is 147 Å². The summed E-state index contributed by atoms with van der Waals surface area (Å²) in [6.45, 7) is 11.5. The van der Waals surface area contributed by atoms with Gasteiger partial charge in [0.2, 0.25) is 0 Å². The van der Waals surface area contributed by atoms with Crippen molar-refractivity contribution < 1.29 is 9.90 Å². The van der Waals surface area contributed by atoms with Crippen molar-refractivity contribution in [1.82, 2.24) is 20.4 Å². The molecule has 6 heteroatoms. The standard InChI is InChI=1S/C28H30N2O2.C24H32N2/c31-28(32)24-13-11-22(12-14-24)25(21-9-5-2-6-10-21)27-26(23-15-17-30(27)18-16-23)29-19-20-7-3-1-4-8-20;1-18(2)22(20-11-7-4-8-12-20)24-23(21-13-15-26(24)16-14-21)25-17-19-9-5-3-6-10-19/h1-14,23,25-27,29H,15-19H2,(H,31,32);3-12,18,21-25H,13-17H2,1-2H3. The van der Waals surface area contributed by atoms with Gasteiger partial charge in [-0.2, -0.15) is 0 Å². The number of carbonyl (C=O) groups is 1. The highest BCUT2D eigenvalue weighted by atomic mass is 16.4. The molecular weight excluding hydrogens is 713 g/mol. The minimum Gasteiger partial charge on any atom is -0.478 e. The first-order chi connectivity index (χ1) is 28.4. The average molecular weight is 775 g/mol. The number of fused-ring (bicyclic) bond motifs is 6. The summed E-state index contributed by atoms with van der Waals surface area (Å²) in [4.78, 5) is 16.8. The van der Waals surface area contributed by atoms with Crippen molar-refractivity contribution in [3.8, 4) is 0 Å². The molecule has 0 aliphatic carbocycles. The first-order valence-electron chi connectivity index (χ1n) is 21.9. The van der Waals surface area contributed by atoms with Crippen LogP contribution in [0.25, 0.3) is 0 Å². The van der Waals surface area contributed by atoms with Gasteiger partial charge in [0.25, 0.3) is 0 Å². The molecule has 6 aliphatic rings. The molecule has 3 N–H and O–H groups in total. The molecule has 0 spiro atoms. The summed E-state index contributed by atoms with van der Waals surface area (Å²) < 4.78 is 0. The second-order valence-electron chi connectivity index (χ2n) is 17.5. The minimum atomic E-state index is -0.879. The summed E-state index contributed by atoms with van der Waals surface area (Å²) in [5, 5.41) is 17.3. The zero-order valence-electron chi connectivity index (χ0n) is 34.4. The molecule has 5 aromatic carbocycles. The molecule has 6 unspecified atom stereocenters. The maximum Gasteiger partial charge on any atom is 0.335 e. The Morgan fingerprint density at radius 2 is 0.948 bits per heavy atom. The van der Waals surface area contributed by atoms with E-state index in [0.29, 0.717) is 47.5 Å². The lowest BCUT2D eigenvalue weighted by atomic mass is 9.69. The molecule has 6 saturated heterocycles. The van der Waals surface area contributed by atoms with Crippen LogP contribution in [0.1, 0.15) is 89.5 Å². The number of nitrogens with one attached hydrogen (secondary N) is 2. The lowest BCUT2D eigenvalue weighted by molar-refractivity contribution is -0.00853. The molecule has 0 aromatic heterocycles. The third-order valence-electron chi connectivity index (χ3n) is 13.8. The van der Waals surface area contributed by atoms with Crippen molar-refractivity contribution in [2.45, 2.75) is 88.6 Å². The number of benzene rings is 5. The SMILES string of the molecule is CC(C)C(c1ccccc1)C1C(NCc2ccccc2)C2CCN1CC2.O=C(O)c1ccc(C(c2ccccc2)C2C(NCc3ccccc3)C3CCN2CC3)cc1. The largest absolute Gasteiger partial charge is 0.478 e. The zero-order chi connectivity index (χ0) is 39.8. The van der Waals surface area contributed by atoms with E-state index < -0.39 is 5.97 Å². The van der Waals surface area contributed by atoms with Crippen molar-refractivity contribution in [2.75, 3.05) is 26.2 Å². The Bertz CT molecular complexity index is 1990. The number of rotatable bonds is 13. The molecule has 4 bridgehead atoms. The molecule has 302 valence electrons. The van der Waals surface area contributed by atoms with Crippen LogP contribution in [0.3, 0.4) is 0 Å². The van der Waals surface area contributed by atoms with Crippen LogP contribution in [0.5, 0.6) is 0 Å². The monoisotopic (exact) mass is 774 g/mol. The van der Waals surface area contributed by atoms with Crippen molar-refractivity contribution in [3.05, 3.63) is 179 Å². The van der Waals surface area contributed by atoms with Crippen LogP contribution in [0.2, 0.25) is 0 Å². The molecule has 6 aliphatic heterocycles. The van der Waals surface area contributed by atoms with Gasteiger partial charge in [0.15, 0.2) is 0 Å². The number of piperidine rings is 6. The summed E-state index contributed by atoms with van der Waals surface area (Å²) in [6.07, 6.45) is 5.18. The van der Waals surface area contributed by atoms with Crippen LogP contribution in [0, 0.1) is 17.8 Å². The molecule has 5 aromatic rings. The maximum atomic E-state index is 11.4. The van der Waals surface area contributed by atoms with Crippen LogP contribution in [0.4, 0.5) is 0 Å². The summed E-state index contributed by atoms with van der Waals surface area (Å²) in [7, 11) is 0. The smallest absolute Gasteiger partial charge is 0.335 e. The van der Waals surface area contributed by atoms with E-state index in [2.05, 4.69) is 156 Å². The van der Waals surface area contributed by atoms with Gasteiger partial charge in [-0.15, -0.1) is 0 Å². The first-order valence-corrected chi connectivity index (χ1v) is 21.9. The van der Waals surface area contributed by atoms with E-state index in [1.54, 1.807) is 12.1 Å². The fraction of sp³-hybridized carbons (Fsp3) is 0.404. The van der Waals surface area contributed by atoms with Gasteiger partial charge >= 0.3 is 5.97 Å². The molecule has 58 heavy (non-hydrogen) atoms. The Labute approximate surface area is 346 Å².